The molecule has 1 aromatic carbocycles. The summed E-state index contributed by atoms with van der Waals surface area (Å²) in [7, 11) is 0. The third-order valence-corrected chi connectivity index (χ3v) is 6.86. The molecule has 4 saturated carbocycles. The Morgan fingerprint density at radius 3 is 1.96 bits per heavy atom. The lowest BCUT2D eigenvalue weighted by atomic mass is 9.53. The van der Waals surface area contributed by atoms with Gasteiger partial charge in [0.05, 0.1) is 0 Å². The molecule has 0 aromatic heterocycles. The summed E-state index contributed by atoms with van der Waals surface area (Å²) in [5.74, 6) is 2.46. The summed E-state index contributed by atoms with van der Waals surface area (Å²) in [5, 5.41) is 6.97. The molecular weight excluding hydrogens is 340 g/mol. The predicted molar refractivity (Wildman–Crippen MR) is 109 cm³/mol. The Morgan fingerprint density at radius 1 is 1.00 bits per heavy atom. The number of nitrogens with one attached hydrogen (secondary N) is 2. The zero-order chi connectivity index (χ0) is 18.5. The zero-order valence-corrected chi connectivity index (χ0v) is 16.9. The van der Waals surface area contributed by atoms with Crippen molar-refractivity contribution in [2.24, 2.45) is 17.8 Å². The number of benzene rings is 1. The largest absolute Gasteiger partial charge is 0.357 e. The van der Waals surface area contributed by atoms with Gasteiger partial charge in [-0.05, 0) is 91.6 Å². The Morgan fingerprint density at radius 2 is 1.50 bits per heavy atom. The van der Waals surface area contributed by atoms with E-state index in [1.54, 1.807) is 0 Å². The Labute approximate surface area is 162 Å². The lowest BCUT2D eigenvalue weighted by molar-refractivity contribution is -0.0101. The number of carbonyl (C=O) groups excluding carboxylic acids is 1. The second-order valence-electron chi connectivity index (χ2n) is 9.93. The van der Waals surface area contributed by atoms with Gasteiger partial charge in [0.25, 0.3) is 5.91 Å². The summed E-state index contributed by atoms with van der Waals surface area (Å²) in [6.45, 7) is 6.52. The van der Waals surface area contributed by atoms with E-state index in [9.17, 15) is 4.79 Å². The van der Waals surface area contributed by atoms with Crippen molar-refractivity contribution >= 4 is 23.2 Å². The predicted octanol–water partition coefficient (Wildman–Crippen LogP) is 4.56. The van der Waals surface area contributed by atoms with E-state index < -0.39 is 0 Å². The molecule has 0 unspecified atom stereocenters. The molecule has 0 atom stereocenters. The third kappa shape index (κ3) is 3.53. The Hall–Kier alpha value is -1.42. The van der Waals surface area contributed by atoms with E-state index >= 15 is 0 Å². The Kier molecular flexibility index (Phi) is 4.37. The molecule has 4 fully saturated rings. The van der Waals surface area contributed by atoms with Crippen molar-refractivity contribution in [3.63, 3.8) is 0 Å². The molecule has 0 spiro atoms. The lowest BCUT2D eigenvalue weighted by Gasteiger charge is -2.57. The van der Waals surface area contributed by atoms with Gasteiger partial charge in [0.15, 0.2) is 5.11 Å². The SMILES string of the molecule is CC(C)(C)c1ccc(C(=O)NC(=S)NC23CC4CC(CC(C4)C2)C3)cc1. The van der Waals surface area contributed by atoms with Gasteiger partial charge in [-0.1, -0.05) is 32.9 Å². The van der Waals surface area contributed by atoms with Crippen LogP contribution in [0.1, 0.15) is 75.2 Å². The van der Waals surface area contributed by atoms with Gasteiger partial charge < -0.3 is 5.32 Å². The van der Waals surface area contributed by atoms with Crippen molar-refractivity contribution in [1.29, 1.82) is 0 Å². The molecule has 2 N–H and O–H groups in total. The monoisotopic (exact) mass is 370 g/mol. The minimum absolute atomic E-state index is 0.0877. The highest BCUT2D eigenvalue weighted by molar-refractivity contribution is 7.80. The number of rotatable bonds is 2. The average molecular weight is 371 g/mol. The molecule has 4 bridgehead atoms. The summed E-state index contributed by atoms with van der Waals surface area (Å²) < 4.78 is 0. The number of hydrogen-bond donors (Lipinski definition) is 2. The molecule has 0 radical (unpaired) electrons. The molecule has 0 saturated heterocycles. The van der Waals surface area contributed by atoms with Gasteiger partial charge >= 0.3 is 0 Å². The van der Waals surface area contributed by atoms with Gasteiger partial charge in [0, 0.05) is 11.1 Å². The maximum atomic E-state index is 12.6. The van der Waals surface area contributed by atoms with E-state index in [1.807, 2.05) is 24.3 Å². The molecular formula is C22H30N2OS. The van der Waals surface area contributed by atoms with Crippen molar-refractivity contribution in [1.82, 2.24) is 10.6 Å². The van der Waals surface area contributed by atoms with Crippen LogP contribution in [-0.4, -0.2) is 16.6 Å². The highest BCUT2D eigenvalue weighted by atomic mass is 32.1. The van der Waals surface area contributed by atoms with Crippen LogP contribution in [-0.2, 0) is 5.41 Å². The molecule has 0 aliphatic heterocycles. The molecule has 1 amide bonds. The van der Waals surface area contributed by atoms with E-state index in [0.29, 0.717) is 10.7 Å². The van der Waals surface area contributed by atoms with Crippen LogP contribution in [0.2, 0.25) is 0 Å². The maximum Gasteiger partial charge on any atom is 0.257 e. The molecule has 3 nitrogen and oxygen atoms in total. The first-order chi connectivity index (χ1) is 12.2. The van der Waals surface area contributed by atoms with Crippen LogP contribution in [0.25, 0.3) is 0 Å². The maximum absolute atomic E-state index is 12.6. The second-order valence-corrected chi connectivity index (χ2v) is 10.3. The van der Waals surface area contributed by atoms with Crippen molar-refractivity contribution in [2.45, 2.75) is 70.3 Å². The van der Waals surface area contributed by atoms with Crippen LogP contribution in [0.15, 0.2) is 24.3 Å². The van der Waals surface area contributed by atoms with Gasteiger partial charge in [-0.2, -0.15) is 0 Å². The van der Waals surface area contributed by atoms with E-state index in [1.165, 1.54) is 44.1 Å². The van der Waals surface area contributed by atoms with Crippen LogP contribution in [0.4, 0.5) is 0 Å². The first kappa shape index (κ1) is 18.0. The molecule has 4 aliphatic rings. The topological polar surface area (TPSA) is 41.1 Å². The van der Waals surface area contributed by atoms with Crippen molar-refractivity contribution in [2.75, 3.05) is 0 Å². The van der Waals surface area contributed by atoms with E-state index in [4.69, 9.17) is 12.2 Å². The average Bonchev–Trinajstić information content (AvgIpc) is 2.52. The summed E-state index contributed by atoms with van der Waals surface area (Å²) in [6, 6.07) is 7.85. The Bertz CT molecular complexity index is 681. The van der Waals surface area contributed by atoms with Gasteiger partial charge in [0.1, 0.15) is 0 Å². The fourth-order valence-corrected chi connectivity index (χ4v) is 6.14. The first-order valence-corrected chi connectivity index (χ1v) is 10.4. The quantitative estimate of drug-likeness (QED) is 0.750. The normalized spacial score (nSPS) is 32.3. The Balaban J connectivity index is 1.38. The third-order valence-electron chi connectivity index (χ3n) is 6.66. The number of thiocarbonyl (C=S) groups is 1. The van der Waals surface area contributed by atoms with Crippen LogP contribution in [0.5, 0.6) is 0 Å². The highest BCUT2D eigenvalue weighted by Crippen LogP contribution is 2.55. The number of hydrogen-bond acceptors (Lipinski definition) is 2. The fraction of sp³-hybridized carbons (Fsp3) is 0.636. The molecule has 26 heavy (non-hydrogen) atoms. The van der Waals surface area contributed by atoms with Crippen molar-refractivity contribution < 1.29 is 4.79 Å². The minimum atomic E-state index is -0.118. The molecule has 4 aliphatic carbocycles. The van der Waals surface area contributed by atoms with Gasteiger partial charge in [0.2, 0.25) is 0 Å². The number of amides is 1. The van der Waals surface area contributed by atoms with Crippen molar-refractivity contribution in [3.8, 4) is 0 Å². The fourth-order valence-electron chi connectivity index (χ4n) is 5.83. The standard InChI is InChI=1S/C22H30N2OS/c1-21(2,3)18-6-4-17(5-7-18)19(25)23-20(26)24-22-11-14-8-15(12-22)10-16(9-14)13-22/h4-7,14-16H,8-13H2,1-3H3,(H2,23,24,25,26). The molecule has 0 heterocycles. The van der Waals surface area contributed by atoms with Gasteiger partial charge in [-0.25, -0.2) is 0 Å². The minimum Gasteiger partial charge on any atom is -0.357 e. The van der Waals surface area contributed by atoms with Crippen LogP contribution >= 0.6 is 12.2 Å². The highest BCUT2D eigenvalue weighted by Gasteiger charge is 2.51. The molecule has 140 valence electrons. The van der Waals surface area contributed by atoms with Gasteiger partial charge in [-0.15, -0.1) is 0 Å². The molecule has 1 aromatic rings. The summed E-state index contributed by atoms with van der Waals surface area (Å²) in [5.41, 5.74) is 2.11. The summed E-state index contributed by atoms with van der Waals surface area (Å²) >= 11 is 5.51. The zero-order valence-electron chi connectivity index (χ0n) is 16.1. The van der Waals surface area contributed by atoms with E-state index in [2.05, 4.69) is 31.4 Å². The van der Waals surface area contributed by atoms with Crippen molar-refractivity contribution in [3.05, 3.63) is 35.4 Å². The lowest BCUT2D eigenvalue weighted by Crippen LogP contribution is -2.61. The molecule has 5 rings (SSSR count). The second kappa shape index (κ2) is 6.33. The molecule has 4 heteroatoms. The number of carbonyl (C=O) groups is 1. The summed E-state index contributed by atoms with van der Waals surface area (Å²) in [6.07, 6.45) is 7.86. The first-order valence-electron chi connectivity index (χ1n) is 9.96. The summed E-state index contributed by atoms with van der Waals surface area (Å²) in [4.78, 5) is 12.6. The van der Waals surface area contributed by atoms with E-state index in [-0.39, 0.29) is 16.9 Å². The van der Waals surface area contributed by atoms with Crippen LogP contribution in [0, 0.1) is 17.8 Å². The van der Waals surface area contributed by atoms with Gasteiger partial charge in [-0.3, -0.25) is 10.1 Å². The smallest absolute Gasteiger partial charge is 0.257 e. The van der Waals surface area contributed by atoms with Crippen LogP contribution < -0.4 is 10.6 Å². The van der Waals surface area contributed by atoms with Crippen LogP contribution in [0.3, 0.4) is 0 Å². The van der Waals surface area contributed by atoms with E-state index in [0.717, 1.165) is 17.8 Å².